The van der Waals surface area contributed by atoms with Crippen molar-refractivity contribution in [2.24, 2.45) is 5.92 Å². The Labute approximate surface area is 167 Å². The molecule has 2 N–H and O–H groups in total. The first-order valence-corrected chi connectivity index (χ1v) is 10.1. The predicted octanol–water partition coefficient (Wildman–Crippen LogP) is 3.76. The molecule has 0 saturated heterocycles. The number of pyridine rings is 1. The van der Waals surface area contributed by atoms with Crippen molar-refractivity contribution in [2.75, 3.05) is 0 Å². The molecule has 0 aliphatic carbocycles. The van der Waals surface area contributed by atoms with Crippen molar-refractivity contribution in [1.82, 2.24) is 9.38 Å². The lowest BCUT2D eigenvalue weighted by molar-refractivity contribution is -0.717. The van der Waals surface area contributed by atoms with E-state index in [0.29, 0.717) is 24.2 Å². The zero-order chi connectivity index (χ0) is 20.5. The van der Waals surface area contributed by atoms with Crippen molar-refractivity contribution in [2.45, 2.75) is 59.5 Å². The molecule has 2 heterocycles. The van der Waals surface area contributed by atoms with E-state index in [4.69, 9.17) is 0 Å². The third-order valence-corrected chi connectivity index (χ3v) is 5.32. The van der Waals surface area contributed by atoms with E-state index in [-0.39, 0.29) is 11.0 Å². The fraction of sp³-hybridized carbons (Fsp3) is 0.417. The van der Waals surface area contributed by atoms with Gasteiger partial charge in [-0.1, -0.05) is 65.0 Å². The third kappa shape index (κ3) is 4.50. The molecule has 4 nitrogen and oxygen atoms in total. The maximum Gasteiger partial charge on any atom is 0.258 e. The minimum Gasteiger partial charge on any atom is -0.335 e. The number of benzene rings is 1. The van der Waals surface area contributed by atoms with Gasteiger partial charge in [-0.3, -0.25) is 9.20 Å². The van der Waals surface area contributed by atoms with Gasteiger partial charge in [0, 0.05) is 23.7 Å². The Morgan fingerprint density at radius 1 is 1.07 bits per heavy atom. The van der Waals surface area contributed by atoms with Gasteiger partial charge in [0.15, 0.2) is 0 Å². The number of aryl methyl sites for hydroxylation is 1. The Balaban J connectivity index is 1.81. The van der Waals surface area contributed by atoms with Crippen LogP contribution in [0.2, 0.25) is 0 Å². The fourth-order valence-corrected chi connectivity index (χ4v) is 3.61. The number of aromatic nitrogens is 2. The first kappa shape index (κ1) is 20.3. The Kier molecular flexibility index (Phi) is 5.71. The quantitative estimate of drug-likeness (QED) is 0.735. The average molecular weight is 379 g/mol. The number of quaternary nitrogens is 1. The summed E-state index contributed by atoms with van der Waals surface area (Å²) in [7, 11) is 0. The average Bonchev–Trinajstić information content (AvgIpc) is 2.62. The summed E-state index contributed by atoms with van der Waals surface area (Å²) in [5, 5.41) is 2.29. The molecule has 1 aromatic carbocycles. The van der Waals surface area contributed by atoms with Gasteiger partial charge >= 0.3 is 0 Å². The molecule has 0 aliphatic heterocycles. The van der Waals surface area contributed by atoms with Gasteiger partial charge in [0.1, 0.15) is 23.9 Å². The fourth-order valence-electron chi connectivity index (χ4n) is 3.61. The van der Waals surface area contributed by atoms with Crippen LogP contribution in [-0.4, -0.2) is 9.38 Å². The monoisotopic (exact) mass is 378 g/mol. The minimum absolute atomic E-state index is 0.0206. The lowest BCUT2D eigenvalue weighted by atomic mass is 9.85. The van der Waals surface area contributed by atoms with Gasteiger partial charge in [0.25, 0.3) is 5.56 Å². The Morgan fingerprint density at radius 3 is 2.36 bits per heavy atom. The maximum atomic E-state index is 12.4. The van der Waals surface area contributed by atoms with Gasteiger partial charge in [-0.15, -0.1) is 0 Å². The normalized spacial score (nSPS) is 13.2. The molecule has 4 heteroatoms. The summed E-state index contributed by atoms with van der Waals surface area (Å²) in [6, 6.07) is 14.8. The molecule has 1 atom stereocenters. The summed E-state index contributed by atoms with van der Waals surface area (Å²) in [4.78, 5) is 17.1. The van der Waals surface area contributed by atoms with Crippen molar-refractivity contribution in [3.05, 3.63) is 81.4 Å². The molecule has 2 aromatic heterocycles. The highest BCUT2D eigenvalue weighted by atomic mass is 16.1. The van der Waals surface area contributed by atoms with E-state index in [1.54, 1.807) is 10.5 Å². The van der Waals surface area contributed by atoms with Crippen LogP contribution in [0.25, 0.3) is 5.65 Å². The largest absolute Gasteiger partial charge is 0.335 e. The highest BCUT2D eigenvalue weighted by molar-refractivity contribution is 5.39. The molecule has 0 amide bonds. The second kappa shape index (κ2) is 7.88. The molecule has 0 fully saturated rings. The van der Waals surface area contributed by atoms with Crippen LogP contribution in [0, 0.1) is 12.8 Å². The molecular weight excluding hydrogens is 346 g/mol. The van der Waals surface area contributed by atoms with Gasteiger partial charge in [0.2, 0.25) is 0 Å². The van der Waals surface area contributed by atoms with E-state index in [1.165, 1.54) is 11.1 Å². The molecule has 0 aliphatic rings. The van der Waals surface area contributed by atoms with Crippen LogP contribution in [0.4, 0.5) is 0 Å². The predicted molar refractivity (Wildman–Crippen MR) is 115 cm³/mol. The van der Waals surface area contributed by atoms with Crippen LogP contribution in [0.1, 0.15) is 63.0 Å². The summed E-state index contributed by atoms with van der Waals surface area (Å²) in [5.74, 6) is 0.477. The van der Waals surface area contributed by atoms with E-state index in [1.807, 2.05) is 25.3 Å². The molecule has 28 heavy (non-hydrogen) atoms. The van der Waals surface area contributed by atoms with Gasteiger partial charge in [-0.05, 0) is 29.5 Å². The minimum atomic E-state index is -0.0206. The molecule has 148 valence electrons. The van der Waals surface area contributed by atoms with Crippen LogP contribution < -0.4 is 10.9 Å². The zero-order valence-electron chi connectivity index (χ0n) is 17.9. The standard InChI is InChI=1S/C24H31N3O/c1-16(2)23(18-8-10-19(11-9-18)24(4,5)6)25-14-20-13-22(28)27-15-17(3)7-12-21(27)26-20/h7-13,15-16,23,25H,14H2,1-6H3/p+1/t23-/m0/s1. The second-order valence-corrected chi connectivity index (χ2v) is 9.10. The first-order chi connectivity index (χ1) is 13.1. The van der Waals surface area contributed by atoms with Crippen molar-refractivity contribution < 1.29 is 5.32 Å². The van der Waals surface area contributed by atoms with Gasteiger partial charge < -0.3 is 5.32 Å². The first-order valence-electron chi connectivity index (χ1n) is 10.1. The Hall–Kier alpha value is -2.46. The summed E-state index contributed by atoms with van der Waals surface area (Å²) in [5.41, 5.74) is 5.38. The summed E-state index contributed by atoms with van der Waals surface area (Å²) in [6.07, 6.45) is 1.84. The van der Waals surface area contributed by atoms with Crippen LogP contribution in [0.15, 0.2) is 53.5 Å². The van der Waals surface area contributed by atoms with E-state index in [2.05, 4.69) is 69.2 Å². The Bertz CT molecular complexity index is 1010. The van der Waals surface area contributed by atoms with E-state index < -0.39 is 0 Å². The lowest BCUT2D eigenvalue weighted by Gasteiger charge is -2.22. The van der Waals surface area contributed by atoms with Gasteiger partial charge in [-0.2, -0.15) is 0 Å². The third-order valence-electron chi connectivity index (χ3n) is 5.32. The van der Waals surface area contributed by atoms with E-state index >= 15 is 0 Å². The second-order valence-electron chi connectivity index (χ2n) is 9.10. The smallest absolute Gasteiger partial charge is 0.258 e. The van der Waals surface area contributed by atoms with Crippen molar-refractivity contribution in [3.63, 3.8) is 0 Å². The highest BCUT2D eigenvalue weighted by Gasteiger charge is 2.21. The molecule has 3 aromatic rings. The number of hydrogen-bond donors (Lipinski definition) is 1. The number of fused-ring (bicyclic) bond motifs is 1. The van der Waals surface area contributed by atoms with Crippen LogP contribution >= 0.6 is 0 Å². The number of hydrogen-bond acceptors (Lipinski definition) is 2. The van der Waals surface area contributed by atoms with Gasteiger partial charge in [0.05, 0.1) is 0 Å². The molecule has 0 unspecified atom stereocenters. The van der Waals surface area contributed by atoms with Crippen LogP contribution in [0.5, 0.6) is 0 Å². The molecule has 0 radical (unpaired) electrons. The topological polar surface area (TPSA) is 51.0 Å². The molecule has 3 rings (SSSR count). The van der Waals surface area contributed by atoms with E-state index in [9.17, 15) is 4.79 Å². The van der Waals surface area contributed by atoms with Crippen molar-refractivity contribution in [1.29, 1.82) is 0 Å². The summed E-state index contributed by atoms with van der Waals surface area (Å²) < 4.78 is 1.62. The summed E-state index contributed by atoms with van der Waals surface area (Å²) >= 11 is 0. The van der Waals surface area contributed by atoms with Gasteiger partial charge in [-0.25, -0.2) is 4.98 Å². The lowest BCUT2D eigenvalue weighted by Crippen LogP contribution is -2.84. The number of rotatable bonds is 5. The maximum absolute atomic E-state index is 12.4. The van der Waals surface area contributed by atoms with E-state index in [0.717, 1.165) is 11.3 Å². The zero-order valence-corrected chi connectivity index (χ0v) is 17.9. The summed E-state index contributed by atoms with van der Waals surface area (Å²) in [6.45, 7) is 13.8. The van der Waals surface area contributed by atoms with Crippen LogP contribution in [0.3, 0.4) is 0 Å². The number of nitrogens with two attached hydrogens (primary N) is 1. The van der Waals surface area contributed by atoms with Crippen LogP contribution in [-0.2, 0) is 12.0 Å². The number of nitrogens with zero attached hydrogens (tertiary/aromatic N) is 2. The molecular formula is C24H32N3O+. The van der Waals surface area contributed by atoms with Crippen molar-refractivity contribution >= 4 is 5.65 Å². The highest BCUT2D eigenvalue weighted by Crippen LogP contribution is 2.25. The van der Waals surface area contributed by atoms with Crippen molar-refractivity contribution in [3.8, 4) is 0 Å². The molecule has 0 spiro atoms. The SMILES string of the molecule is Cc1ccc2nc(C[NH2+][C@H](c3ccc(C(C)(C)C)cc3)C(C)C)cc(=O)n2c1. The Morgan fingerprint density at radius 2 is 1.75 bits per heavy atom. The molecule has 0 bridgehead atoms. The molecule has 0 saturated carbocycles.